The summed E-state index contributed by atoms with van der Waals surface area (Å²) < 4.78 is 47.6. The highest BCUT2D eigenvalue weighted by Crippen LogP contribution is 2.44. The van der Waals surface area contributed by atoms with Crippen LogP contribution in [0.3, 0.4) is 0 Å². The number of hydrogen-bond acceptors (Lipinski definition) is 7. The first-order valence-corrected chi connectivity index (χ1v) is 11.9. The molecule has 0 aromatic heterocycles. The summed E-state index contributed by atoms with van der Waals surface area (Å²) in [4.78, 5) is 14.9. The molecule has 2 unspecified atom stereocenters. The minimum Gasteiger partial charge on any atom is -0.772 e. The molecule has 0 saturated carbocycles. The lowest BCUT2D eigenvalue weighted by Gasteiger charge is -2.34. The monoisotopic (exact) mass is 473 g/mol. The molecule has 176 valence electrons. The van der Waals surface area contributed by atoms with Gasteiger partial charge in [0, 0.05) is 24.4 Å². The minimum absolute atomic E-state index is 0.170. The molecule has 2 N–H and O–H groups in total. The van der Waals surface area contributed by atoms with Crippen LogP contribution in [0.15, 0.2) is 42.5 Å². The van der Waals surface area contributed by atoms with Gasteiger partial charge in [0.05, 0.1) is 25.0 Å². The standard InChI is InChI=1S/C24H27FN2O5S/c1-24(2)21(20(23(28)32-24)15-5-7-18(25)8-6-15)16-3-4-17(14-33(29)30)19(13-16)22(26)27-9-11-31-12-10-27/h3-8,13,22H,9-12,14,26H2,1-2H3,(H,29,30)/p-1. The van der Waals surface area contributed by atoms with Crippen LogP contribution in [0.25, 0.3) is 11.1 Å². The maximum Gasteiger partial charge on any atom is 0.340 e. The third-order valence-electron chi connectivity index (χ3n) is 6.00. The van der Waals surface area contributed by atoms with Crippen LogP contribution in [0.2, 0.25) is 0 Å². The smallest absolute Gasteiger partial charge is 0.340 e. The molecule has 9 heteroatoms. The fraction of sp³-hybridized carbons (Fsp3) is 0.375. The molecule has 2 aromatic rings. The summed E-state index contributed by atoms with van der Waals surface area (Å²) in [5.41, 5.74) is 9.15. The lowest BCUT2D eigenvalue weighted by molar-refractivity contribution is -0.141. The van der Waals surface area contributed by atoms with E-state index in [9.17, 15) is 17.9 Å². The number of esters is 1. The van der Waals surface area contributed by atoms with Gasteiger partial charge >= 0.3 is 5.97 Å². The number of nitrogens with two attached hydrogens (primary N) is 1. The summed E-state index contributed by atoms with van der Waals surface area (Å²) >= 11 is -2.29. The first kappa shape index (κ1) is 23.7. The van der Waals surface area contributed by atoms with Gasteiger partial charge in [0.15, 0.2) is 0 Å². The van der Waals surface area contributed by atoms with Crippen LogP contribution in [0, 0.1) is 5.82 Å². The van der Waals surface area contributed by atoms with Crippen molar-refractivity contribution in [3.05, 3.63) is 70.5 Å². The van der Waals surface area contributed by atoms with Crippen LogP contribution in [0.1, 0.15) is 42.3 Å². The molecule has 2 aromatic carbocycles. The summed E-state index contributed by atoms with van der Waals surface area (Å²) in [6.07, 6.45) is -0.539. The number of halogens is 1. The van der Waals surface area contributed by atoms with E-state index in [1.165, 1.54) is 12.1 Å². The van der Waals surface area contributed by atoms with Crippen molar-refractivity contribution in [1.82, 2.24) is 4.90 Å². The first-order valence-electron chi connectivity index (χ1n) is 10.7. The minimum atomic E-state index is -2.29. The zero-order chi connectivity index (χ0) is 23.8. The lowest BCUT2D eigenvalue weighted by Crippen LogP contribution is -2.43. The van der Waals surface area contributed by atoms with Gasteiger partial charge in [0.2, 0.25) is 0 Å². The largest absolute Gasteiger partial charge is 0.772 e. The molecule has 0 bridgehead atoms. The topological polar surface area (TPSA) is 105 Å². The molecule has 33 heavy (non-hydrogen) atoms. The van der Waals surface area contributed by atoms with Crippen LogP contribution < -0.4 is 5.73 Å². The number of hydrogen-bond donors (Lipinski definition) is 1. The molecule has 0 amide bonds. The quantitative estimate of drug-likeness (QED) is 0.508. The van der Waals surface area contributed by atoms with Gasteiger partial charge in [-0.3, -0.25) is 9.11 Å². The lowest BCUT2D eigenvalue weighted by atomic mass is 9.85. The van der Waals surface area contributed by atoms with E-state index in [-0.39, 0.29) is 5.75 Å². The Kier molecular flexibility index (Phi) is 6.78. The summed E-state index contributed by atoms with van der Waals surface area (Å²) in [6.45, 7) is 5.93. The summed E-state index contributed by atoms with van der Waals surface area (Å²) in [5.74, 6) is -1.07. The molecule has 0 spiro atoms. The predicted molar refractivity (Wildman–Crippen MR) is 122 cm³/mol. The number of benzene rings is 2. The molecule has 1 saturated heterocycles. The van der Waals surface area contributed by atoms with Crippen molar-refractivity contribution in [2.45, 2.75) is 31.4 Å². The van der Waals surface area contributed by atoms with Crippen molar-refractivity contribution < 1.29 is 27.4 Å². The Morgan fingerprint density at radius 2 is 1.79 bits per heavy atom. The van der Waals surface area contributed by atoms with E-state index in [2.05, 4.69) is 0 Å². The van der Waals surface area contributed by atoms with E-state index in [1.807, 2.05) is 11.0 Å². The van der Waals surface area contributed by atoms with Crippen molar-refractivity contribution in [1.29, 1.82) is 0 Å². The Morgan fingerprint density at radius 1 is 1.15 bits per heavy atom. The average Bonchev–Trinajstić information content (AvgIpc) is 3.02. The van der Waals surface area contributed by atoms with Gasteiger partial charge in [-0.2, -0.15) is 0 Å². The number of ether oxygens (including phenoxy) is 2. The maximum atomic E-state index is 13.5. The van der Waals surface area contributed by atoms with E-state index in [4.69, 9.17) is 15.2 Å². The van der Waals surface area contributed by atoms with Crippen molar-refractivity contribution in [2.75, 3.05) is 26.3 Å². The number of carbonyl (C=O) groups is 1. The number of morpholine rings is 1. The number of carbonyl (C=O) groups excluding carboxylic acids is 1. The van der Waals surface area contributed by atoms with Crippen molar-refractivity contribution in [2.24, 2.45) is 5.73 Å². The molecule has 2 aliphatic heterocycles. The molecule has 4 rings (SSSR count). The van der Waals surface area contributed by atoms with E-state index in [0.717, 1.165) is 0 Å². The van der Waals surface area contributed by atoms with E-state index < -0.39 is 34.6 Å². The van der Waals surface area contributed by atoms with Crippen molar-refractivity contribution in [3.8, 4) is 0 Å². The summed E-state index contributed by atoms with van der Waals surface area (Å²) in [7, 11) is 0. The maximum absolute atomic E-state index is 13.5. The Morgan fingerprint density at radius 3 is 2.42 bits per heavy atom. The Balaban J connectivity index is 1.86. The van der Waals surface area contributed by atoms with Gasteiger partial charge in [-0.1, -0.05) is 35.3 Å². The molecular weight excluding hydrogens is 447 g/mol. The predicted octanol–water partition coefficient (Wildman–Crippen LogP) is 2.74. The second-order valence-corrected chi connectivity index (χ2v) is 9.51. The van der Waals surface area contributed by atoms with Crippen LogP contribution >= 0.6 is 0 Å². The second kappa shape index (κ2) is 9.44. The molecule has 2 atom stereocenters. The average molecular weight is 474 g/mol. The fourth-order valence-electron chi connectivity index (χ4n) is 4.44. The number of nitrogens with zero attached hydrogens (tertiary/aromatic N) is 1. The molecule has 0 radical (unpaired) electrons. The van der Waals surface area contributed by atoms with E-state index >= 15 is 0 Å². The third kappa shape index (κ3) is 4.92. The first-order chi connectivity index (χ1) is 15.7. The van der Waals surface area contributed by atoms with Gasteiger partial charge in [-0.25, -0.2) is 9.18 Å². The Labute approximate surface area is 194 Å². The van der Waals surface area contributed by atoms with Crippen molar-refractivity contribution in [3.63, 3.8) is 0 Å². The Hall–Kier alpha value is -2.43. The van der Waals surface area contributed by atoms with Gasteiger partial charge in [-0.15, -0.1) is 0 Å². The summed E-state index contributed by atoms with van der Waals surface area (Å²) in [6, 6.07) is 11.0. The van der Waals surface area contributed by atoms with Gasteiger partial charge in [0.25, 0.3) is 0 Å². The Bertz CT molecular complexity index is 1110. The van der Waals surface area contributed by atoms with Gasteiger partial charge < -0.3 is 19.8 Å². The van der Waals surface area contributed by atoms with Gasteiger partial charge in [-0.05, 0) is 54.3 Å². The van der Waals surface area contributed by atoms with Crippen LogP contribution in [-0.4, -0.2) is 51.5 Å². The van der Waals surface area contributed by atoms with Crippen LogP contribution in [-0.2, 0) is 31.1 Å². The van der Waals surface area contributed by atoms with Gasteiger partial charge in [0.1, 0.15) is 11.4 Å². The van der Waals surface area contributed by atoms with Crippen LogP contribution in [0.4, 0.5) is 4.39 Å². The summed E-state index contributed by atoms with van der Waals surface area (Å²) in [5, 5.41) is 0. The molecule has 2 heterocycles. The highest BCUT2D eigenvalue weighted by molar-refractivity contribution is 7.78. The third-order valence-corrected chi connectivity index (χ3v) is 6.55. The SMILES string of the molecule is CC1(C)OC(=O)C(c2ccc(F)cc2)=C1c1ccc(CS(=O)[O-])c(C(N)N2CCOCC2)c1. The fourth-order valence-corrected chi connectivity index (χ4v) is 4.96. The van der Waals surface area contributed by atoms with E-state index in [0.29, 0.717) is 59.7 Å². The zero-order valence-electron chi connectivity index (χ0n) is 18.5. The molecule has 2 aliphatic rings. The van der Waals surface area contributed by atoms with E-state index in [1.54, 1.807) is 38.1 Å². The highest BCUT2D eigenvalue weighted by atomic mass is 32.2. The normalized spacial score (nSPS) is 20.6. The second-order valence-electron chi connectivity index (χ2n) is 8.61. The molecular formula is C24H26FN2O5S-. The molecule has 1 fully saturated rings. The molecule has 7 nitrogen and oxygen atoms in total. The van der Waals surface area contributed by atoms with Crippen LogP contribution in [0.5, 0.6) is 0 Å². The zero-order valence-corrected chi connectivity index (χ0v) is 19.3. The number of rotatable bonds is 6. The highest BCUT2D eigenvalue weighted by Gasteiger charge is 2.42. The number of cyclic esters (lactones) is 1. The molecule has 0 aliphatic carbocycles. The van der Waals surface area contributed by atoms with Crippen molar-refractivity contribution >= 4 is 28.2 Å².